The van der Waals surface area contributed by atoms with Gasteiger partial charge in [-0.1, -0.05) is 41.9 Å². The van der Waals surface area contributed by atoms with Gasteiger partial charge in [-0.3, -0.25) is 0 Å². The first-order valence-corrected chi connectivity index (χ1v) is 6.13. The molecule has 0 aromatic heterocycles. The lowest BCUT2D eigenvalue weighted by Gasteiger charge is -2.09. The molecule has 0 bridgehead atoms. The molecule has 2 aromatic carbocycles. The molecule has 0 saturated heterocycles. The summed E-state index contributed by atoms with van der Waals surface area (Å²) < 4.78 is 10.3. The van der Waals surface area contributed by atoms with Gasteiger partial charge in [0.15, 0.2) is 0 Å². The minimum atomic E-state index is -0.433. The number of methoxy groups -OCH3 is 1. The zero-order chi connectivity index (χ0) is 13.7. The Hall–Kier alpha value is -2.00. The van der Waals surface area contributed by atoms with Gasteiger partial charge in [0.25, 0.3) is 0 Å². The van der Waals surface area contributed by atoms with Crippen LogP contribution < -0.4 is 4.74 Å². The summed E-state index contributed by atoms with van der Waals surface area (Å²) in [5.74, 6) is -0.0251. The van der Waals surface area contributed by atoms with E-state index in [2.05, 4.69) is 0 Å². The van der Waals surface area contributed by atoms with E-state index in [-0.39, 0.29) is 6.61 Å². The second-order valence-corrected chi connectivity index (χ2v) is 4.34. The van der Waals surface area contributed by atoms with Gasteiger partial charge in [-0.2, -0.15) is 0 Å². The smallest absolute Gasteiger partial charge is 0.342 e. The summed E-state index contributed by atoms with van der Waals surface area (Å²) in [4.78, 5) is 12.0. The fourth-order valence-corrected chi connectivity index (χ4v) is 1.80. The summed E-state index contributed by atoms with van der Waals surface area (Å²) in [7, 11) is 1.49. The molecule has 0 saturated carbocycles. The van der Waals surface area contributed by atoms with Crippen LogP contribution in [0.25, 0.3) is 0 Å². The summed E-state index contributed by atoms with van der Waals surface area (Å²) in [6.45, 7) is 0.228. The predicted molar refractivity (Wildman–Crippen MR) is 73.6 cm³/mol. The summed E-state index contributed by atoms with van der Waals surface area (Å²) in [6, 6.07) is 14.3. The minimum absolute atomic E-state index is 0.228. The van der Waals surface area contributed by atoms with Crippen LogP contribution in [-0.2, 0) is 11.3 Å². The summed E-state index contributed by atoms with van der Waals surface area (Å²) in [5.41, 5.74) is 1.30. The van der Waals surface area contributed by atoms with Crippen molar-refractivity contribution in [3.63, 3.8) is 0 Å². The van der Waals surface area contributed by atoms with Crippen molar-refractivity contribution in [2.75, 3.05) is 7.11 Å². The fraction of sp³-hybridized carbons (Fsp3) is 0.133. The Kier molecular flexibility index (Phi) is 4.42. The lowest BCUT2D eigenvalue weighted by Crippen LogP contribution is -2.07. The molecule has 3 nitrogen and oxygen atoms in total. The number of halogens is 1. The zero-order valence-corrected chi connectivity index (χ0v) is 11.2. The molecule has 0 aliphatic carbocycles. The third-order valence-electron chi connectivity index (χ3n) is 2.60. The quantitative estimate of drug-likeness (QED) is 0.799. The van der Waals surface area contributed by atoms with Crippen LogP contribution in [0.4, 0.5) is 0 Å². The van der Waals surface area contributed by atoms with E-state index in [4.69, 9.17) is 21.1 Å². The fourth-order valence-electron chi connectivity index (χ4n) is 1.63. The van der Waals surface area contributed by atoms with Gasteiger partial charge in [-0.25, -0.2) is 4.79 Å². The van der Waals surface area contributed by atoms with Crippen LogP contribution in [-0.4, -0.2) is 13.1 Å². The molecule has 2 rings (SSSR count). The van der Waals surface area contributed by atoms with Gasteiger partial charge in [0, 0.05) is 5.02 Å². The Balaban J connectivity index is 2.08. The Morgan fingerprint density at radius 3 is 2.58 bits per heavy atom. The number of hydrogen-bond acceptors (Lipinski definition) is 3. The first kappa shape index (κ1) is 13.4. The zero-order valence-electron chi connectivity index (χ0n) is 10.4. The largest absolute Gasteiger partial charge is 0.496 e. The summed E-state index contributed by atoms with van der Waals surface area (Å²) >= 11 is 5.84. The minimum Gasteiger partial charge on any atom is -0.496 e. The number of carbonyl (C=O) groups excluding carboxylic acids is 1. The second kappa shape index (κ2) is 6.25. The maximum Gasteiger partial charge on any atom is 0.342 e. The monoisotopic (exact) mass is 276 g/mol. The molecular weight excluding hydrogens is 264 g/mol. The van der Waals surface area contributed by atoms with Gasteiger partial charge in [-0.15, -0.1) is 0 Å². The molecule has 0 radical (unpaired) electrons. The van der Waals surface area contributed by atoms with E-state index in [1.807, 2.05) is 30.3 Å². The molecule has 0 amide bonds. The predicted octanol–water partition coefficient (Wildman–Crippen LogP) is 3.71. The summed E-state index contributed by atoms with van der Waals surface area (Å²) in [6.07, 6.45) is 0. The maximum absolute atomic E-state index is 12.0. The van der Waals surface area contributed by atoms with Gasteiger partial charge < -0.3 is 9.47 Å². The number of hydrogen-bond donors (Lipinski definition) is 0. The van der Waals surface area contributed by atoms with Crippen LogP contribution in [0.2, 0.25) is 5.02 Å². The molecule has 19 heavy (non-hydrogen) atoms. The highest BCUT2D eigenvalue weighted by molar-refractivity contribution is 6.30. The van der Waals surface area contributed by atoms with Crippen LogP contribution in [0, 0.1) is 0 Å². The van der Waals surface area contributed by atoms with E-state index >= 15 is 0 Å². The van der Waals surface area contributed by atoms with Crippen molar-refractivity contribution in [1.29, 1.82) is 0 Å². The van der Waals surface area contributed by atoms with Crippen molar-refractivity contribution in [3.05, 3.63) is 64.7 Å². The van der Waals surface area contributed by atoms with Gasteiger partial charge in [-0.05, 0) is 23.8 Å². The molecule has 0 unspecified atom stereocenters. The van der Waals surface area contributed by atoms with E-state index in [0.29, 0.717) is 16.3 Å². The molecule has 4 heteroatoms. The van der Waals surface area contributed by atoms with E-state index < -0.39 is 5.97 Å². The lowest BCUT2D eigenvalue weighted by molar-refractivity contribution is 0.0469. The molecule has 0 N–H and O–H groups in total. The highest BCUT2D eigenvalue weighted by Gasteiger charge is 2.14. The molecule has 0 aliphatic heterocycles. The Morgan fingerprint density at radius 1 is 1.16 bits per heavy atom. The Labute approximate surface area is 116 Å². The van der Waals surface area contributed by atoms with Crippen molar-refractivity contribution in [2.24, 2.45) is 0 Å². The highest BCUT2D eigenvalue weighted by atomic mass is 35.5. The lowest BCUT2D eigenvalue weighted by atomic mass is 10.2. The molecule has 0 aliphatic rings. The third kappa shape index (κ3) is 3.48. The molecule has 0 fully saturated rings. The normalized spacial score (nSPS) is 10.0. The van der Waals surface area contributed by atoms with Crippen LogP contribution in [0.15, 0.2) is 48.5 Å². The second-order valence-electron chi connectivity index (χ2n) is 3.91. The van der Waals surface area contributed by atoms with Crippen LogP contribution in [0.5, 0.6) is 5.75 Å². The van der Waals surface area contributed by atoms with Crippen molar-refractivity contribution in [3.8, 4) is 5.75 Å². The number of ether oxygens (including phenoxy) is 2. The van der Waals surface area contributed by atoms with Crippen molar-refractivity contribution in [1.82, 2.24) is 0 Å². The van der Waals surface area contributed by atoms with E-state index in [1.54, 1.807) is 18.2 Å². The highest BCUT2D eigenvalue weighted by Crippen LogP contribution is 2.24. The van der Waals surface area contributed by atoms with Gasteiger partial charge >= 0.3 is 5.97 Å². The summed E-state index contributed by atoms with van der Waals surface area (Å²) in [5, 5.41) is 0.511. The number of carbonyl (C=O) groups is 1. The third-order valence-corrected chi connectivity index (χ3v) is 2.83. The number of rotatable bonds is 4. The van der Waals surface area contributed by atoms with Crippen LogP contribution in [0.1, 0.15) is 15.9 Å². The average molecular weight is 277 g/mol. The Morgan fingerprint density at radius 2 is 1.89 bits per heavy atom. The van der Waals surface area contributed by atoms with Crippen LogP contribution in [0.3, 0.4) is 0 Å². The van der Waals surface area contributed by atoms with Crippen LogP contribution >= 0.6 is 11.6 Å². The molecule has 2 aromatic rings. The van der Waals surface area contributed by atoms with Gasteiger partial charge in [0.1, 0.15) is 17.9 Å². The van der Waals surface area contributed by atoms with Crippen molar-refractivity contribution in [2.45, 2.75) is 6.61 Å². The van der Waals surface area contributed by atoms with E-state index in [1.165, 1.54) is 7.11 Å². The maximum atomic E-state index is 12.0. The molecule has 98 valence electrons. The van der Waals surface area contributed by atoms with Gasteiger partial charge in [0.2, 0.25) is 0 Å². The van der Waals surface area contributed by atoms with Crippen molar-refractivity contribution < 1.29 is 14.3 Å². The van der Waals surface area contributed by atoms with Gasteiger partial charge in [0.05, 0.1) is 7.11 Å². The molecular formula is C15H13ClO3. The SMILES string of the molecule is COc1cc(Cl)ccc1C(=O)OCc1ccccc1. The number of benzene rings is 2. The first-order valence-electron chi connectivity index (χ1n) is 5.75. The van der Waals surface area contributed by atoms with Crippen molar-refractivity contribution >= 4 is 17.6 Å². The van der Waals surface area contributed by atoms with E-state index in [9.17, 15) is 4.79 Å². The topological polar surface area (TPSA) is 35.5 Å². The first-order chi connectivity index (χ1) is 9.20. The average Bonchev–Trinajstić information content (AvgIpc) is 2.45. The standard InChI is InChI=1S/C15H13ClO3/c1-18-14-9-12(16)7-8-13(14)15(17)19-10-11-5-3-2-4-6-11/h2-9H,10H2,1H3. The number of esters is 1. The molecule has 0 atom stereocenters. The molecule has 0 spiro atoms. The molecule has 0 heterocycles. The van der Waals surface area contributed by atoms with E-state index in [0.717, 1.165) is 5.56 Å². The Bertz CT molecular complexity index is 567.